The highest BCUT2D eigenvalue weighted by Crippen LogP contribution is 2.36. The van der Waals surface area contributed by atoms with E-state index in [4.69, 9.17) is 16.0 Å². The first-order chi connectivity index (χ1) is 13.0. The van der Waals surface area contributed by atoms with E-state index in [1.165, 1.54) is 10.4 Å². The van der Waals surface area contributed by atoms with E-state index in [0.29, 0.717) is 12.5 Å². The fourth-order valence-electron chi connectivity index (χ4n) is 3.38. The summed E-state index contributed by atoms with van der Waals surface area (Å²) in [5, 5.41) is 2.62. The third kappa shape index (κ3) is 5.59. The van der Waals surface area contributed by atoms with Gasteiger partial charge in [-0.25, -0.2) is 0 Å². The van der Waals surface area contributed by atoms with Gasteiger partial charge in [0.05, 0.1) is 0 Å². The number of hydrogen-bond donors (Lipinski definition) is 0. The number of allylic oxidation sites excluding steroid dienone is 2. The van der Waals surface area contributed by atoms with Crippen LogP contribution in [0.2, 0.25) is 5.04 Å². The molecule has 27 heavy (non-hydrogen) atoms. The zero-order chi connectivity index (χ0) is 19.6. The third-order valence-corrected chi connectivity index (χ3v) is 9.78. The monoisotopic (exact) mass is 396 g/mol. The number of alkyl halides is 1. The van der Waals surface area contributed by atoms with E-state index in [1.54, 1.807) is 0 Å². The van der Waals surface area contributed by atoms with Crippen LogP contribution in [0.3, 0.4) is 0 Å². The normalized spacial score (nSPS) is 12.0. The molecule has 0 fully saturated rings. The molecular formula is C24H29ClOSi. The van der Waals surface area contributed by atoms with Crippen molar-refractivity contribution in [3.63, 3.8) is 0 Å². The van der Waals surface area contributed by atoms with Crippen molar-refractivity contribution in [2.75, 3.05) is 12.5 Å². The maximum absolute atomic E-state index is 6.79. The zero-order valence-electron chi connectivity index (χ0n) is 16.5. The molecule has 0 saturated heterocycles. The smallest absolute Gasteiger partial charge is 0.261 e. The minimum absolute atomic E-state index is 0.00617. The summed E-state index contributed by atoms with van der Waals surface area (Å²) < 4.78 is 6.79. The summed E-state index contributed by atoms with van der Waals surface area (Å²) in [4.78, 5) is 0. The Morgan fingerprint density at radius 1 is 0.889 bits per heavy atom. The first-order valence-electron chi connectivity index (χ1n) is 9.44. The average molecular weight is 397 g/mol. The summed E-state index contributed by atoms with van der Waals surface area (Å²) in [6.07, 6.45) is 5.41. The van der Waals surface area contributed by atoms with Crippen molar-refractivity contribution in [2.24, 2.45) is 0 Å². The molecule has 142 valence electrons. The van der Waals surface area contributed by atoms with Crippen LogP contribution in [-0.4, -0.2) is 20.8 Å². The van der Waals surface area contributed by atoms with Gasteiger partial charge in [-0.1, -0.05) is 99.5 Å². The van der Waals surface area contributed by atoms with E-state index < -0.39 is 8.32 Å². The van der Waals surface area contributed by atoms with Crippen LogP contribution in [0.4, 0.5) is 0 Å². The summed E-state index contributed by atoms with van der Waals surface area (Å²) >= 11 is 5.62. The minimum Gasteiger partial charge on any atom is -0.406 e. The Hall–Kier alpha value is -1.79. The lowest BCUT2D eigenvalue weighted by Gasteiger charge is -2.43. The standard InChI is InChI=1S/C24H29ClOSi/c1-24(2,3)27(22-16-10-8-11-17-22,23-18-12-9-13-19-23)26-21-15-7-5-4-6-14-20-25/h6,8-14,16-19H,4,15,20-21H2,1-3H3/b14-6+. The molecule has 0 radical (unpaired) electrons. The molecule has 0 aliphatic rings. The molecule has 0 aliphatic carbocycles. The van der Waals surface area contributed by atoms with Gasteiger partial charge in [-0.3, -0.25) is 0 Å². The van der Waals surface area contributed by atoms with Crippen LogP contribution in [-0.2, 0) is 4.43 Å². The van der Waals surface area contributed by atoms with Crippen LogP contribution in [0.1, 0.15) is 33.6 Å². The highest BCUT2D eigenvalue weighted by Gasteiger charge is 2.49. The maximum Gasteiger partial charge on any atom is 0.261 e. The Labute approximate surface area is 170 Å². The first kappa shape index (κ1) is 21.5. The molecule has 1 nitrogen and oxygen atoms in total. The van der Waals surface area contributed by atoms with Crippen molar-refractivity contribution in [3.8, 4) is 11.8 Å². The molecule has 0 saturated carbocycles. The summed E-state index contributed by atoms with van der Waals surface area (Å²) in [5.74, 6) is 6.93. The predicted molar refractivity (Wildman–Crippen MR) is 120 cm³/mol. The number of rotatable bonds is 7. The van der Waals surface area contributed by atoms with Crippen LogP contribution < -0.4 is 10.4 Å². The van der Waals surface area contributed by atoms with Gasteiger partial charge in [-0.05, 0) is 15.4 Å². The van der Waals surface area contributed by atoms with Crippen molar-refractivity contribution >= 4 is 30.3 Å². The van der Waals surface area contributed by atoms with Crippen molar-refractivity contribution < 1.29 is 4.43 Å². The Morgan fingerprint density at radius 3 is 1.93 bits per heavy atom. The Morgan fingerprint density at radius 2 is 1.44 bits per heavy atom. The van der Waals surface area contributed by atoms with Crippen molar-refractivity contribution in [1.29, 1.82) is 0 Å². The lowest BCUT2D eigenvalue weighted by molar-refractivity contribution is 0.306. The second kappa shape index (κ2) is 10.5. The van der Waals surface area contributed by atoms with E-state index in [0.717, 1.165) is 12.8 Å². The molecule has 0 bridgehead atoms. The minimum atomic E-state index is -2.43. The Balaban J connectivity index is 2.29. The molecule has 2 aromatic rings. The molecule has 0 N–H and O–H groups in total. The van der Waals surface area contributed by atoms with E-state index >= 15 is 0 Å². The van der Waals surface area contributed by atoms with E-state index in [2.05, 4.69) is 93.3 Å². The topological polar surface area (TPSA) is 9.23 Å². The molecule has 0 aliphatic heterocycles. The maximum atomic E-state index is 6.79. The number of halogens is 1. The van der Waals surface area contributed by atoms with Crippen LogP contribution >= 0.6 is 11.6 Å². The van der Waals surface area contributed by atoms with Gasteiger partial charge in [0.15, 0.2) is 0 Å². The molecular weight excluding hydrogens is 368 g/mol. The van der Waals surface area contributed by atoms with E-state index in [1.807, 2.05) is 12.2 Å². The van der Waals surface area contributed by atoms with Crippen LogP contribution in [0, 0.1) is 11.8 Å². The van der Waals surface area contributed by atoms with Gasteiger partial charge in [0.2, 0.25) is 0 Å². The highest BCUT2D eigenvalue weighted by molar-refractivity contribution is 6.99. The van der Waals surface area contributed by atoms with Crippen LogP contribution in [0.5, 0.6) is 0 Å². The fraction of sp³-hybridized carbons (Fsp3) is 0.333. The van der Waals surface area contributed by atoms with Crippen LogP contribution in [0.15, 0.2) is 72.8 Å². The van der Waals surface area contributed by atoms with Gasteiger partial charge in [-0.15, -0.1) is 17.5 Å². The molecule has 0 aromatic heterocycles. The number of benzene rings is 2. The fourth-order valence-corrected chi connectivity index (χ4v) is 8.07. The Bertz CT molecular complexity index is 727. The molecule has 2 aromatic carbocycles. The summed E-state index contributed by atoms with van der Waals surface area (Å²) in [5.41, 5.74) is 0. The molecule has 0 heterocycles. The lowest BCUT2D eigenvalue weighted by atomic mass is 10.2. The summed E-state index contributed by atoms with van der Waals surface area (Å²) in [6.45, 7) is 7.52. The number of hydrogen-bond acceptors (Lipinski definition) is 1. The van der Waals surface area contributed by atoms with Gasteiger partial charge in [-0.2, -0.15) is 0 Å². The van der Waals surface area contributed by atoms with E-state index in [9.17, 15) is 0 Å². The largest absolute Gasteiger partial charge is 0.406 e. The van der Waals surface area contributed by atoms with Gasteiger partial charge in [0, 0.05) is 25.3 Å². The molecule has 0 unspecified atom stereocenters. The van der Waals surface area contributed by atoms with E-state index in [-0.39, 0.29) is 5.04 Å². The first-order valence-corrected chi connectivity index (χ1v) is 11.9. The van der Waals surface area contributed by atoms with Crippen molar-refractivity contribution in [1.82, 2.24) is 0 Å². The second-order valence-corrected chi connectivity index (χ2v) is 12.1. The molecule has 0 spiro atoms. The van der Waals surface area contributed by atoms with Crippen LogP contribution in [0.25, 0.3) is 0 Å². The van der Waals surface area contributed by atoms with Gasteiger partial charge in [0.25, 0.3) is 8.32 Å². The van der Waals surface area contributed by atoms with Gasteiger partial charge in [0.1, 0.15) is 0 Å². The van der Waals surface area contributed by atoms with Crippen molar-refractivity contribution in [2.45, 2.75) is 38.7 Å². The Kier molecular flexibility index (Phi) is 8.38. The SMILES string of the molecule is CC(C)(C)[Si](OCCC#CC/C=C/CCl)(c1ccccc1)c1ccccc1. The lowest BCUT2D eigenvalue weighted by Crippen LogP contribution is -2.66. The summed E-state index contributed by atoms with van der Waals surface area (Å²) in [7, 11) is -2.43. The third-order valence-electron chi connectivity index (χ3n) is 4.56. The molecule has 0 atom stereocenters. The van der Waals surface area contributed by atoms with Gasteiger partial charge < -0.3 is 4.43 Å². The van der Waals surface area contributed by atoms with Gasteiger partial charge >= 0.3 is 0 Å². The zero-order valence-corrected chi connectivity index (χ0v) is 18.3. The molecule has 0 amide bonds. The second-order valence-electron chi connectivity index (χ2n) is 7.45. The highest BCUT2D eigenvalue weighted by atomic mass is 35.5. The average Bonchev–Trinajstić information content (AvgIpc) is 2.67. The molecule has 3 heteroatoms. The quantitative estimate of drug-likeness (QED) is 0.207. The van der Waals surface area contributed by atoms with Crippen molar-refractivity contribution in [3.05, 3.63) is 72.8 Å². The predicted octanol–water partition coefficient (Wildman–Crippen LogP) is 5.14. The summed E-state index contributed by atoms with van der Waals surface area (Å²) in [6, 6.07) is 21.4. The molecule has 2 rings (SSSR count).